The first-order valence-electron chi connectivity index (χ1n) is 12.7. The third-order valence-corrected chi connectivity index (χ3v) is 7.26. The summed E-state index contributed by atoms with van der Waals surface area (Å²) in [7, 11) is 0. The van der Waals surface area contributed by atoms with Crippen LogP contribution in [0.5, 0.6) is 0 Å². The second-order valence-electron chi connectivity index (χ2n) is 10.1. The van der Waals surface area contributed by atoms with Crippen molar-refractivity contribution in [2.45, 2.75) is 70.2 Å². The molecule has 1 aromatic heterocycles. The summed E-state index contributed by atoms with van der Waals surface area (Å²) in [4.78, 5) is 32.2. The summed E-state index contributed by atoms with van der Waals surface area (Å²) in [6.45, 7) is 5.53. The Labute approximate surface area is 210 Å². The Morgan fingerprint density at radius 1 is 1.19 bits per heavy atom. The second-order valence-corrected chi connectivity index (χ2v) is 10.1. The summed E-state index contributed by atoms with van der Waals surface area (Å²) in [6, 6.07) is 3.78. The summed E-state index contributed by atoms with van der Waals surface area (Å²) >= 11 is 0. The number of aliphatic hydroxyl groups is 1. The highest BCUT2D eigenvalue weighted by atomic mass is 19.1. The molecule has 0 aliphatic carbocycles. The predicted octanol–water partition coefficient (Wildman–Crippen LogP) is 3.07. The first-order valence-corrected chi connectivity index (χ1v) is 12.7. The molecule has 0 spiro atoms. The number of aliphatic hydroxyl groups excluding tert-OH is 1. The van der Waals surface area contributed by atoms with Crippen molar-refractivity contribution in [3.8, 4) is 0 Å². The van der Waals surface area contributed by atoms with Crippen LogP contribution in [0.3, 0.4) is 0 Å². The lowest BCUT2D eigenvalue weighted by Crippen LogP contribution is -2.52. The van der Waals surface area contributed by atoms with Gasteiger partial charge < -0.3 is 20.6 Å². The second kappa shape index (κ2) is 11.4. The number of halogens is 2. The molecule has 5 atom stereocenters. The summed E-state index contributed by atoms with van der Waals surface area (Å²) < 4.78 is 27.6. The molecule has 0 unspecified atom stereocenters. The Bertz CT molecular complexity index is 1080. The predicted molar refractivity (Wildman–Crippen MR) is 131 cm³/mol. The monoisotopic (exact) mass is 500 g/mol. The summed E-state index contributed by atoms with van der Waals surface area (Å²) in [5.74, 6) is -1.76. The largest absolute Gasteiger partial charge is 0.389 e. The SMILES string of the molecule is CC[C@H]1CCCN1C(=O)c1cncc(C(=O)N[C@@H](Cc2cc(F)cc(F)c2)[C@H](O)[C@H]2C[C@@H](C)CN2)c1. The van der Waals surface area contributed by atoms with Crippen molar-refractivity contribution in [1.82, 2.24) is 20.5 Å². The summed E-state index contributed by atoms with van der Waals surface area (Å²) in [5, 5.41) is 17.2. The molecule has 2 amide bonds. The number of likely N-dealkylation sites (tertiary alicyclic amines) is 1. The molecule has 3 heterocycles. The van der Waals surface area contributed by atoms with Crippen molar-refractivity contribution in [3.05, 3.63) is 65.0 Å². The van der Waals surface area contributed by atoms with E-state index in [1.807, 2.05) is 11.8 Å². The van der Waals surface area contributed by atoms with Gasteiger partial charge in [0.15, 0.2) is 0 Å². The first kappa shape index (κ1) is 26.2. The number of pyridine rings is 1. The Kier molecular flexibility index (Phi) is 8.31. The highest BCUT2D eigenvalue weighted by Gasteiger charge is 2.34. The minimum absolute atomic E-state index is 0.0339. The molecular weight excluding hydrogens is 466 g/mol. The van der Waals surface area contributed by atoms with Crippen LogP contribution in [0.25, 0.3) is 0 Å². The number of nitrogens with zero attached hydrogens (tertiary/aromatic N) is 2. The van der Waals surface area contributed by atoms with E-state index < -0.39 is 29.7 Å². The highest BCUT2D eigenvalue weighted by Crippen LogP contribution is 2.23. The fraction of sp³-hybridized carbons (Fsp3) is 0.519. The van der Waals surface area contributed by atoms with Gasteiger partial charge in [-0.25, -0.2) is 8.78 Å². The molecule has 194 valence electrons. The third-order valence-electron chi connectivity index (χ3n) is 7.26. The number of nitrogens with one attached hydrogen (secondary N) is 2. The molecule has 1 aromatic carbocycles. The minimum Gasteiger partial charge on any atom is -0.389 e. The molecule has 4 rings (SSSR count). The van der Waals surface area contributed by atoms with Crippen molar-refractivity contribution in [3.63, 3.8) is 0 Å². The standard InChI is InChI=1S/C27H34F2N4O3/c1-3-22-5-4-6-33(22)27(36)19-11-18(14-30-15-19)26(35)32-24(25(34)23-7-16(2)13-31-23)10-17-8-20(28)12-21(29)9-17/h8-9,11-12,14-16,22-25,31,34H,3-7,10,13H2,1-2H3,(H,32,35)/t16-,22+,23-,24+,25-/m1/s1. The van der Waals surface area contributed by atoms with Gasteiger partial charge in [-0.05, 0) is 68.3 Å². The quantitative estimate of drug-likeness (QED) is 0.518. The van der Waals surface area contributed by atoms with Crippen LogP contribution >= 0.6 is 0 Å². The van der Waals surface area contributed by atoms with Gasteiger partial charge in [0, 0.05) is 37.1 Å². The topological polar surface area (TPSA) is 94.6 Å². The lowest BCUT2D eigenvalue weighted by Gasteiger charge is -2.29. The van der Waals surface area contributed by atoms with Crippen LogP contribution in [0.15, 0.2) is 36.7 Å². The summed E-state index contributed by atoms with van der Waals surface area (Å²) in [6.07, 6.45) is 5.36. The van der Waals surface area contributed by atoms with E-state index >= 15 is 0 Å². The number of carbonyl (C=O) groups excluding carboxylic acids is 2. The summed E-state index contributed by atoms with van der Waals surface area (Å²) in [5.41, 5.74) is 0.839. The molecule has 3 N–H and O–H groups in total. The maximum Gasteiger partial charge on any atom is 0.255 e. The highest BCUT2D eigenvalue weighted by molar-refractivity contribution is 5.99. The molecule has 2 aliphatic heterocycles. The molecule has 9 heteroatoms. The van der Waals surface area contributed by atoms with Crippen LogP contribution < -0.4 is 10.6 Å². The fourth-order valence-electron chi connectivity index (χ4n) is 5.36. The van der Waals surface area contributed by atoms with Gasteiger partial charge in [0.2, 0.25) is 0 Å². The van der Waals surface area contributed by atoms with E-state index in [0.29, 0.717) is 30.0 Å². The van der Waals surface area contributed by atoms with Crippen LogP contribution in [-0.4, -0.2) is 64.1 Å². The van der Waals surface area contributed by atoms with Gasteiger partial charge in [0.1, 0.15) is 11.6 Å². The number of hydrogen-bond donors (Lipinski definition) is 3. The van der Waals surface area contributed by atoms with Gasteiger partial charge in [0.05, 0.1) is 23.3 Å². The molecule has 0 radical (unpaired) electrons. The van der Waals surface area contributed by atoms with E-state index in [0.717, 1.165) is 31.9 Å². The van der Waals surface area contributed by atoms with E-state index in [4.69, 9.17) is 0 Å². The molecule has 7 nitrogen and oxygen atoms in total. The van der Waals surface area contributed by atoms with Crippen LogP contribution in [0.1, 0.15) is 65.8 Å². The lowest BCUT2D eigenvalue weighted by molar-refractivity contribution is 0.0730. The van der Waals surface area contributed by atoms with Crippen LogP contribution in [0.2, 0.25) is 0 Å². The van der Waals surface area contributed by atoms with E-state index in [9.17, 15) is 23.5 Å². The zero-order chi connectivity index (χ0) is 25.8. The average molecular weight is 501 g/mol. The first-order chi connectivity index (χ1) is 17.2. The number of benzene rings is 1. The smallest absolute Gasteiger partial charge is 0.255 e. The Hall–Kier alpha value is -2.91. The number of carbonyl (C=O) groups is 2. The number of aromatic nitrogens is 1. The lowest BCUT2D eigenvalue weighted by atomic mass is 9.93. The van der Waals surface area contributed by atoms with Crippen LogP contribution in [-0.2, 0) is 6.42 Å². The minimum atomic E-state index is -0.988. The number of amides is 2. The van der Waals surface area contributed by atoms with E-state index in [1.54, 1.807) is 0 Å². The maximum atomic E-state index is 13.8. The van der Waals surface area contributed by atoms with E-state index in [2.05, 4.69) is 22.5 Å². The van der Waals surface area contributed by atoms with Crippen LogP contribution in [0.4, 0.5) is 8.78 Å². The zero-order valence-corrected chi connectivity index (χ0v) is 20.7. The molecule has 2 aliphatic rings. The fourth-order valence-corrected chi connectivity index (χ4v) is 5.36. The Balaban J connectivity index is 1.53. The number of hydrogen-bond acceptors (Lipinski definition) is 5. The van der Waals surface area contributed by atoms with Crippen molar-refractivity contribution in [1.29, 1.82) is 0 Å². The molecule has 0 bridgehead atoms. The Morgan fingerprint density at radius 3 is 2.58 bits per heavy atom. The van der Waals surface area contributed by atoms with Crippen molar-refractivity contribution in [2.24, 2.45) is 5.92 Å². The normalized spacial score (nSPS) is 23.5. The van der Waals surface area contributed by atoms with E-state index in [-0.39, 0.29) is 30.0 Å². The number of rotatable bonds is 8. The van der Waals surface area contributed by atoms with Crippen LogP contribution in [0, 0.1) is 17.6 Å². The molecule has 2 saturated heterocycles. The van der Waals surface area contributed by atoms with E-state index in [1.165, 1.54) is 30.6 Å². The van der Waals surface area contributed by atoms with Gasteiger partial charge in [-0.3, -0.25) is 14.6 Å². The van der Waals surface area contributed by atoms with Gasteiger partial charge in [-0.15, -0.1) is 0 Å². The third kappa shape index (κ3) is 6.07. The maximum absolute atomic E-state index is 13.8. The molecule has 2 fully saturated rings. The van der Waals surface area contributed by atoms with Crippen molar-refractivity contribution >= 4 is 11.8 Å². The average Bonchev–Trinajstić information content (AvgIpc) is 3.51. The van der Waals surface area contributed by atoms with Gasteiger partial charge in [0.25, 0.3) is 11.8 Å². The van der Waals surface area contributed by atoms with Gasteiger partial charge in [-0.1, -0.05) is 13.8 Å². The van der Waals surface area contributed by atoms with Gasteiger partial charge in [-0.2, -0.15) is 0 Å². The molecule has 2 aromatic rings. The van der Waals surface area contributed by atoms with Crippen molar-refractivity contribution < 1.29 is 23.5 Å². The van der Waals surface area contributed by atoms with Crippen molar-refractivity contribution in [2.75, 3.05) is 13.1 Å². The van der Waals surface area contributed by atoms with Gasteiger partial charge >= 0.3 is 0 Å². The molecule has 36 heavy (non-hydrogen) atoms. The zero-order valence-electron chi connectivity index (χ0n) is 20.7. The molecular formula is C27H34F2N4O3. The Morgan fingerprint density at radius 2 is 1.92 bits per heavy atom. The molecule has 0 saturated carbocycles.